The Kier molecular flexibility index (Phi) is 5.03. The fraction of sp³-hybridized carbons (Fsp3) is 0.417. The third-order valence-electron chi connectivity index (χ3n) is 2.14. The van der Waals surface area contributed by atoms with Crippen LogP contribution in [0.25, 0.3) is 0 Å². The molecule has 0 unspecified atom stereocenters. The molecule has 94 valence electrons. The van der Waals surface area contributed by atoms with E-state index < -0.39 is 17.5 Å². The molecule has 2 N–H and O–H groups in total. The van der Waals surface area contributed by atoms with Crippen LogP contribution in [-0.4, -0.2) is 25.0 Å². The second kappa shape index (κ2) is 6.30. The largest absolute Gasteiger partial charge is 0.351 e. The van der Waals surface area contributed by atoms with Crippen molar-refractivity contribution in [2.45, 2.75) is 19.9 Å². The van der Waals surface area contributed by atoms with E-state index >= 15 is 0 Å². The molecule has 17 heavy (non-hydrogen) atoms. The molecule has 0 fully saturated rings. The molecule has 0 aliphatic carbocycles. The van der Waals surface area contributed by atoms with Crippen LogP contribution in [0.4, 0.5) is 8.78 Å². The van der Waals surface area contributed by atoms with Crippen molar-refractivity contribution in [2.75, 3.05) is 13.1 Å². The topological polar surface area (TPSA) is 41.1 Å². The molecule has 0 spiro atoms. The zero-order valence-corrected chi connectivity index (χ0v) is 9.89. The average Bonchev–Trinajstić information content (AvgIpc) is 2.27. The van der Waals surface area contributed by atoms with Gasteiger partial charge in [-0.2, -0.15) is 0 Å². The van der Waals surface area contributed by atoms with Crippen LogP contribution >= 0.6 is 0 Å². The molecule has 0 aromatic heterocycles. The normalized spacial score (nSPS) is 10.6. The Balaban J connectivity index is 2.49. The summed E-state index contributed by atoms with van der Waals surface area (Å²) in [6.45, 7) is 4.91. The summed E-state index contributed by atoms with van der Waals surface area (Å²) >= 11 is 0. The number of amides is 1. The Hall–Kier alpha value is -1.49. The molecular formula is C12H16F2N2O. The van der Waals surface area contributed by atoms with Crippen LogP contribution in [0.15, 0.2) is 18.2 Å². The molecule has 0 heterocycles. The van der Waals surface area contributed by atoms with Gasteiger partial charge in [0.2, 0.25) is 0 Å². The summed E-state index contributed by atoms with van der Waals surface area (Å²) in [6.07, 6.45) is 0. The van der Waals surface area contributed by atoms with Crippen LogP contribution in [0.1, 0.15) is 24.2 Å². The maximum Gasteiger partial charge on any atom is 0.254 e. The fourth-order valence-electron chi connectivity index (χ4n) is 1.30. The van der Waals surface area contributed by atoms with Gasteiger partial charge in [-0.25, -0.2) is 8.78 Å². The summed E-state index contributed by atoms with van der Waals surface area (Å²) in [5.41, 5.74) is -0.269. The first-order chi connectivity index (χ1) is 8.00. The number of benzene rings is 1. The van der Waals surface area contributed by atoms with Crippen molar-refractivity contribution in [2.24, 2.45) is 0 Å². The Morgan fingerprint density at radius 3 is 2.65 bits per heavy atom. The van der Waals surface area contributed by atoms with Crippen molar-refractivity contribution < 1.29 is 13.6 Å². The van der Waals surface area contributed by atoms with Gasteiger partial charge in [-0.05, 0) is 18.2 Å². The lowest BCUT2D eigenvalue weighted by molar-refractivity contribution is 0.0949. The summed E-state index contributed by atoms with van der Waals surface area (Å²) in [7, 11) is 0. The summed E-state index contributed by atoms with van der Waals surface area (Å²) in [5.74, 6) is -1.95. The monoisotopic (exact) mass is 242 g/mol. The lowest BCUT2D eigenvalue weighted by Crippen LogP contribution is -2.34. The first-order valence-corrected chi connectivity index (χ1v) is 5.47. The zero-order chi connectivity index (χ0) is 12.8. The third-order valence-corrected chi connectivity index (χ3v) is 2.14. The molecule has 0 bridgehead atoms. The van der Waals surface area contributed by atoms with Gasteiger partial charge in [-0.15, -0.1) is 0 Å². The Bertz CT molecular complexity index is 394. The predicted molar refractivity (Wildman–Crippen MR) is 61.8 cm³/mol. The van der Waals surface area contributed by atoms with Crippen molar-refractivity contribution in [3.8, 4) is 0 Å². The van der Waals surface area contributed by atoms with Crippen LogP contribution in [0.3, 0.4) is 0 Å². The third kappa shape index (κ3) is 4.48. The Morgan fingerprint density at radius 1 is 1.29 bits per heavy atom. The van der Waals surface area contributed by atoms with Crippen LogP contribution in [-0.2, 0) is 0 Å². The van der Waals surface area contributed by atoms with Gasteiger partial charge in [0.15, 0.2) is 0 Å². The molecule has 5 heteroatoms. The number of nitrogens with one attached hydrogen (secondary N) is 2. The number of carbonyl (C=O) groups excluding carboxylic acids is 1. The Morgan fingerprint density at radius 2 is 2.00 bits per heavy atom. The summed E-state index contributed by atoms with van der Waals surface area (Å²) < 4.78 is 26.1. The van der Waals surface area contributed by atoms with Gasteiger partial charge in [-0.1, -0.05) is 13.8 Å². The average molecular weight is 242 g/mol. The highest BCUT2D eigenvalue weighted by atomic mass is 19.1. The van der Waals surface area contributed by atoms with Crippen molar-refractivity contribution in [1.82, 2.24) is 10.6 Å². The molecule has 0 radical (unpaired) electrons. The minimum Gasteiger partial charge on any atom is -0.351 e. The lowest BCUT2D eigenvalue weighted by atomic mass is 10.2. The molecule has 0 saturated carbocycles. The predicted octanol–water partition coefficient (Wildman–Crippen LogP) is 1.69. The minimum absolute atomic E-state index is 0.269. The number of hydrogen-bond acceptors (Lipinski definition) is 2. The van der Waals surface area contributed by atoms with E-state index in [-0.39, 0.29) is 5.56 Å². The number of rotatable bonds is 5. The summed E-state index contributed by atoms with van der Waals surface area (Å²) in [4.78, 5) is 11.5. The van der Waals surface area contributed by atoms with Crippen LogP contribution in [0.5, 0.6) is 0 Å². The van der Waals surface area contributed by atoms with E-state index in [0.717, 1.165) is 18.2 Å². The van der Waals surface area contributed by atoms with Gasteiger partial charge in [0.25, 0.3) is 5.91 Å². The van der Waals surface area contributed by atoms with Crippen molar-refractivity contribution in [3.63, 3.8) is 0 Å². The highest BCUT2D eigenvalue weighted by Gasteiger charge is 2.11. The lowest BCUT2D eigenvalue weighted by Gasteiger charge is -2.09. The fourth-order valence-corrected chi connectivity index (χ4v) is 1.30. The summed E-state index contributed by atoms with van der Waals surface area (Å²) in [6, 6.07) is 3.13. The number of halogens is 2. The molecule has 3 nitrogen and oxygen atoms in total. The summed E-state index contributed by atoms with van der Waals surface area (Å²) in [5, 5.41) is 5.61. The second-order valence-electron chi connectivity index (χ2n) is 3.99. The van der Waals surface area contributed by atoms with E-state index in [4.69, 9.17) is 0 Å². The van der Waals surface area contributed by atoms with Gasteiger partial charge in [-0.3, -0.25) is 4.79 Å². The van der Waals surface area contributed by atoms with Crippen LogP contribution in [0.2, 0.25) is 0 Å². The first-order valence-electron chi connectivity index (χ1n) is 5.47. The van der Waals surface area contributed by atoms with E-state index in [1.54, 1.807) is 0 Å². The van der Waals surface area contributed by atoms with E-state index in [2.05, 4.69) is 10.6 Å². The van der Waals surface area contributed by atoms with E-state index in [0.29, 0.717) is 19.1 Å². The maximum atomic E-state index is 13.2. The molecule has 1 aromatic rings. The van der Waals surface area contributed by atoms with Gasteiger partial charge < -0.3 is 10.6 Å². The van der Waals surface area contributed by atoms with Gasteiger partial charge >= 0.3 is 0 Å². The number of carbonyl (C=O) groups is 1. The first kappa shape index (κ1) is 13.6. The highest BCUT2D eigenvalue weighted by molar-refractivity contribution is 5.94. The smallest absolute Gasteiger partial charge is 0.254 e. The van der Waals surface area contributed by atoms with E-state index in [9.17, 15) is 13.6 Å². The SMILES string of the molecule is CC(C)NCCNC(=O)c1cc(F)ccc1F. The van der Waals surface area contributed by atoms with Gasteiger partial charge in [0, 0.05) is 19.1 Å². The molecule has 1 rings (SSSR count). The molecule has 0 aliphatic heterocycles. The molecular weight excluding hydrogens is 226 g/mol. The quantitative estimate of drug-likeness (QED) is 0.771. The van der Waals surface area contributed by atoms with E-state index in [1.807, 2.05) is 13.8 Å². The molecule has 1 amide bonds. The van der Waals surface area contributed by atoms with Gasteiger partial charge in [0.05, 0.1) is 5.56 Å². The van der Waals surface area contributed by atoms with Crippen molar-refractivity contribution in [1.29, 1.82) is 0 Å². The van der Waals surface area contributed by atoms with Gasteiger partial charge in [0.1, 0.15) is 11.6 Å². The van der Waals surface area contributed by atoms with Crippen LogP contribution < -0.4 is 10.6 Å². The van der Waals surface area contributed by atoms with E-state index in [1.165, 1.54) is 0 Å². The minimum atomic E-state index is -0.722. The maximum absolute atomic E-state index is 13.2. The molecule has 1 aromatic carbocycles. The zero-order valence-electron chi connectivity index (χ0n) is 9.89. The van der Waals surface area contributed by atoms with Crippen molar-refractivity contribution >= 4 is 5.91 Å². The second-order valence-corrected chi connectivity index (χ2v) is 3.99. The molecule has 0 saturated heterocycles. The van der Waals surface area contributed by atoms with Crippen LogP contribution in [0, 0.1) is 11.6 Å². The standard InChI is InChI=1S/C12H16F2N2O/c1-8(2)15-5-6-16-12(17)10-7-9(13)3-4-11(10)14/h3-4,7-8,15H,5-6H2,1-2H3,(H,16,17). The number of hydrogen-bond donors (Lipinski definition) is 2. The van der Waals surface area contributed by atoms with Crippen molar-refractivity contribution in [3.05, 3.63) is 35.4 Å². The molecule has 0 atom stereocenters. The molecule has 0 aliphatic rings. The highest BCUT2D eigenvalue weighted by Crippen LogP contribution is 2.09. The Labute approximate surface area is 99.2 Å².